The number of hydrogen-bond donors (Lipinski definition) is 0. The zero-order valence-electron chi connectivity index (χ0n) is 8.81. The Bertz CT molecular complexity index is 528. The highest BCUT2D eigenvalue weighted by molar-refractivity contribution is 9.13. The highest BCUT2D eigenvalue weighted by Crippen LogP contribution is 2.42. The summed E-state index contributed by atoms with van der Waals surface area (Å²) in [5, 5.41) is 0. The first-order valence-electron chi connectivity index (χ1n) is 4.84. The van der Waals surface area contributed by atoms with Gasteiger partial charge in [-0.25, -0.2) is 0 Å². The van der Waals surface area contributed by atoms with Crippen molar-refractivity contribution >= 4 is 75.1 Å². The molecule has 90 valence electrons. The number of aryl methyl sites for hydroxylation is 1. The topological polar surface area (TPSA) is 0 Å². The van der Waals surface area contributed by atoms with Crippen molar-refractivity contribution in [1.29, 1.82) is 0 Å². The maximum absolute atomic E-state index is 3.77. The minimum absolute atomic E-state index is 0.239. The molecule has 0 bridgehead atoms. The second kappa shape index (κ2) is 5.87. The van der Waals surface area contributed by atoms with Crippen LogP contribution >= 0.6 is 75.1 Å². The van der Waals surface area contributed by atoms with Gasteiger partial charge in [-0.1, -0.05) is 37.9 Å². The maximum atomic E-state index is 3.77. The molecule has 0 spiro atoms. The summed E-state index contributed by atoms with van der Waals surface area (Å²) >= 11 is 16.1. The Hall–Kier alpha value is 0.840. The van der Waals surface area contributed by atoms with E-state index in [1.54, 1.807) is 11.3 Å². The predicted octanol–water partition coefficient (Wildman–Crippen LogP) is 6.83. The molecule has 1 aromatic carbocycles. The lowest BCUT2D eigenvalue weighted by Gasteiger charge is -2.11. The molecular weight excluding hydrogens is 496 g/mol. The summed E-state index contributed by atoms with van der Waals surface area (Å²) in [6.45, 7) is 2.13. The molecule has 0 aliphatic carbocycles. The van der Waals surface area contributed by atoms with E-state index >= 15 is 0 Å². The molecule has 0 saturated carbocycles. The van der Waals surface area contributed by atoms with Crippen molar-refractivity contribution in [3.63, 3.8) is 0 Å². The van der Waals surface area contributed by atoms with Crippen LogP contribution in [0.15, 0.2) is 37.0 Å². The van der Waals surface area contributed by atoms with Crippen molar-refractivity contribution in [2.75, 3.05) is 0 Å². The number of thiophene rings is 1. The van der Waals surface area contributed by atoms with Gasteiger partial charge in [0.15, 0.2) is 0 Å². The normalized spacial score (nSPS) is 12.8. The first kappa shape index (κ1) is 14.3. The van der Waals surface area contributed by atoms with E-state index in [1.807, 2.05) is 0 Å². The first-order chi connectivity index (χ1) is 7.99. The van der Waals surface area contributed by atoms with E-state index in [-0.39, 0.29) is 4.83 Å². The van der Waals surface area contributed by atoms with Crippen molar-refractivity contribution < 1.29 is 0 Å². The molecule has 0 fully saturated rings. The quantitative estimate of drug-likeness (QED) is 0.394. The molecule has 0 saturated heterocycles. The fraction of sp³-hybridized carbons (Fsp3) is 0.167. The van der Waals surface area contributed by atoms with Crippen LogP contribution in [0.2, 0.25) is 0 Å². The molecule has 2 aromatic rings. The smallest absolute Gasteiger partial charge is 0.0843 e. The van der Waals surface area contributed by atoms with Crippen LogP contribution in [0, 0.1) is 6.92 Å². The molecule has 0 aliphatic heterocycles. The number of rotatable bonds is 2. The molecule has 0 nitrogen and oxygen atoms in total. The Balaban J connectivity index is 2.39. The lowest BCUT2D eigenvalue weighted by atomic mass is 10.1. The van der Waals surface area contributed by atoms with Gasteiger partial charge in [0.1, 0.15) is 0 Å². The van der Waals surface area contributed by atoms with Gasteiger partial charge in [0, 0.05) is 13.8 Å². The fourth-order valence-electron chi connectivity index (χ4n) is 1.56. The van der Waals surface area contributed by atoms with E-state index in [4.69, 9.17) is 0 Å². The van der Waals surface area contributed by atoms with Crippen LogP contribution in [0.3, 0.4) is 0 Å². The number of alkyl halides is 1. The third kappa shape index (κ3) is 3.24. The van der Waals surface area contributed by atoms with Gasteiger partial charge in [-0.05, 0) is 68.1 Å². The zero-order valence-corrected chi connectivity index (χ0v) is 16.0. The van der Waals surface area contributed by atoms with E-state index in [1.165, 1.54) is 16.0 Å². The van der Waals surface area contributed by atoms with Gasteiger partial charge in [0.2, 0.25) is 0 Å². The van der Waals surface area contributed by atoms with Crippen molar-refractivity contribution in [2.45, 2.75) is 11.8 Å². The highest BCUT2D eigenvalue weighted by Gasteiger charge is 2.16. The monoisotopic (exact) mass is 500 g/mol. The van der Waals surface area contributed by atoms with E-state index in [0.29, 0.717) is 0 Å². The van der Waals surface area contributed by atoms with Crippen molar-refractivity contribution in [1.82, 2.24) is 0 Å². The average molecular weight is 504 g/mol. The van der Waals surface area contributed by atoms with Crippen LogP contribution in [0.4, 0.5) is 0 Å². The summed E-state index contributed by atoms with van der Waals surface area (Å²) in [5.74, 6) is 0. The second-order valence-electron chi connectivity index (χ2n) is 3.63. The Morgan fingerprint density at radius 2 is 1.82 bits per heavy atom. The van der Waals surface area contributed by atoms with Crippen LogP contribution in [0.25, 0.3) is 0 Å². The van der Waals surface area contributed by atoms with Gasteiger partial charge in [-0.15, -0.1) is 11.3 Å². The minimum atomic E-state index is 0.239. The van der Waals surface area contributed by atoms with Gasteiger partial charge in [-0.2, -0.15) is 0 Å². The van der Waals surface area contributed by atoms with E-state index in [9.17, 15) is 0 Å². The lowest BCUT2D eigenvalue weighted by molar-refractivity contribution is 1.17. The minimum Gasteiger partial charge on any atom is -0.131 e. The van der Waals surface area contributed by atoms with Gasteiger partial charge < -0.3 is 0 Å². The largest absolute Gasteiger partial charge is 0.131 e. The van der Waals surface area contributed by atoms with E-state index < -0.39 is 0 Å². The Labute approximate surface area is 138 Å². The van der Waals surface area contributed by atoms with Crippen molar-refractivity contribution in [3.05, 3.63) is 53.0 Å². The first-order valence-corrected chi connectivity index (χ1v) is 8.95. The molecule has 0 amide bonds. The molecule has 5 heteroatoms. The molecular formula is C12H8Br4S. The average Bonchev–Trinajstić information content (AvgIpc) is 2.58. The van der Waals surface area contributed by atoms with Crippen molar-refractivity contribution in [3.8, 4) is 0 Å². The molecule has 0 N–H and O–H groups in total. The summed E-state index contributed by atoms with van der Waals surface area (Å²) in [4.78, 5) is 1.53. The zero-order chi connectivity index (χ0) is 12.6. The van der Waals surface area contributed by atoms with Gasteiger partial charge in [0.05, 0.1) is 8.61 Å². The number of benzene rings is 1. The summed E-state index contributed by atoms with van der Waals surface area (Å²) in [6.07, 6.45) is 0. The van der Waals surface area contributed by atoms with Gasteiger partial charge >= 0.3 is 0 Å². The predicted molar refractivity (Wildman–Crippen MR) is 89.4 cm³/mol. The molecule has 1 aromatic heterocycles. The third-order valence-electron chi connectivity index (χ3n) is 2.42. The fourth-order valence-corrected chi connectivity index (χ4v) is 5.05. The Morgan fingerprint density at radius 3 is 2.35 bits per heavy atom. The van der Waals surface area contributed by atoms with E-state index in [0.717, 1.165) is 12.7 Å². The van der Waals surface area contributed by atoms with Gasteiger partial charge in [0.25, 0.3) is 0 Å². The van der Waals surface area contributed by atoms with Crippen LogP contribution in [0.5, 0.6) is 0 Å². The molecule has 1 heterocycles. The molecule has 1 atom stereocenters. The molecule has 0 aliphatic rings. The maximum Gasteiger partial charge on any atom is 0.0843 e. The third-order valence-corrected chi connectivity index (χ3v) is 7.52. The Kier molecular flexibility index (Phi) is 4.92. The molecule has 1 unspecified atom stereocenters. The van der Waals surface area contributed by atoms with Crippen molar-refractivity contribution in [2.24, 2.45) is 0 Å². The molecule has 0 radical (unpaired) electrons. The van der Waals surface area contributed by atoms with E-state index in [2.05, 4.69) is 94.9 Å². The molecule has 17 heavy (non-hydrogen) atoms. The lowest BCUT2D eigenvalue weighted by Crippen LogP contribution is -1.93. The second-order valence-corrected chi connectivity index (χ2v) is 8.72. The van der Waals surface area contributed by atoms with Crippen LogP contribution in [-0.4, -0.2) is 0 Å². The standard InChI is InChI=1S/C12H8Br4S/c1-6-4-7(13)2-3-8(6)11(15)10-5-9(14)12(16)17-10/h2-5,11H,1H3. The summed E-state index contributed by atoms with van der Waals surface area (Å²) in [7, 11) is 0. The van der Waals surface area contributed by atoms with Crippen LogP contribution < -0.4 is 0 Å². The van der Waals surface area contributed by atoms with Gasteiger partial charge in [-0.3, -0.25) is 0 Å². The SMILES string of the molecule is Cc1cc(Br)ccc1C(Br)c1cc(Br)c(Br)s1. The molecule has 2 rings (SSSR count). The highest BCUT2D eigenvalue weighted by atomic mass is 79.9. The summed E-state index contributed by atoms with van der Waals surface area (Å²) < 4.78 is 3.36. The van der Waals surface area contributed by atoms with Crippen LogP contribution in [-0.2, 0) is 0 Å². The Morgan fingerprint density at radius 1 is 1.12 bits per heavy atom. The number of hydrogen-bond acceptors (Lipinski definition) is 1. The number of halogens is 4. The summed E-state index contributed by atoms with van der Waals surface area (Å²) in [6, 6.07) is 8.52. The van der Waals surface area contributed by atoms with Crippen LogP contribution in [0.1, 0.15) is 20.8 Å². The summed E-state index contributed by atoms with van der Waals surface area (Å²) in [5.41, 5.74) is 2.58.